The van der Waals surface area contributed by atoms with Crippen LogP contribution in [0, 0.1) is 20.8 Å². The summed E-state index contributed by atoms with van der Waals surface area (Å²) in [7, 11) is 0. The van der Waals surface area contributed by atoms with Gasteiger partial charge in [0.05, 0.1) is 11.8 Å². The lowest BCUT2D eigenvalue weighted by Gasteiger charge is -2.29. The molecule has 5 nitrogen and oxygen atoms in total. The summed E-state index contributed by atoms with van der Waals surface area (Å²) in [6.07, 6.45) is 0.641. The van der Waals surface area contributed by atoms with Gasteiger partial charge in [-0.25, -0.2) is 10.2 Å². The summed E-state index contributed by atoms with van der Waals surface area (Å²) in [5, 5.41) is 11.6. The number of hydrazone groups is 1. The first-order chi connectivity index (χ1) is 14.9. The number of hydrogen-bond donors (Lipinski definition) is 3. The highest BCUT2D eigenvalue weighted by molar-refractivity contribution is 6.30. The van der Waals surface area contributed by atoms with Crippen LogP contribution in [0.25, 0.3) is 0 Å². The number of rotatable bonds is 3. The summed E-state index contributed by atoms with van der Waals surface area (Å²) < 4.78 is 0. The largest absolute Gasteiger partial charge is 0.377 e. The normalized spacial score (nSPS) is 16.4. The van der Waals surface area contributed by atoms with Crippen LogP contribution >= 0.6 is 11.6 Å². The molecule has 158 valence electrons. The Morgan fingerprint density at radius 2 is 1.71 bits per heavy atom. The molecule has 0 radical (unpaired) electrons. The van der Waals surface area contributed by atoms with Gasteiger partial charge in [-0.05, 0) is 62.2 Å². The maximum absolute atomic E-state index is 12.5. The Kier molecular flexibility index (Phi) is 5.96. The first-order valence-corrected chi connectivity index (χ1v) is 10.6. The van der Waals surface area contributed by atoms with Crippen molar-refractivity contribution in [1.29, 1.82) is 0 Å². The molecule has 0 bridgehead atoms. The van der Waals surface area contributed by atoms with Crippen LogP contribution in [-0.2, 0) is 0 Å². The zero-order valence-electron chi connectivity index (χ0n) is 17.8. The standard InChI is InChI=1S/C25H25ClN4O/c1-15-4-10-21(17(3)12-15)28-25(31)30-29-24-14-23(18-6-8-19(26)9-7-18)27-22-11-5-16(2)13-20(22)24/h4-13,23,27H,14H2,1-3H3,(H2,28,30,31). The number of anilines is 2. The Balaban J connectivity index is 1.57. The van der Waals surface area contributed by atoms with Gasteiger partial charge < -0.3 is 10.6 Å². The van der Waals surface area contributed by atoms with E-state index in [-0.39, 0.29) is 12.1 Å². The van der Waals surface area contributed by atoms with E-state index < -0.39 is 0 Å². The van der Waals surface area contributed by atoms with Crippen LogP contribution in [0.2, 0.25) is 5.02 Å². The average Bonchev–Trinajstić information content (AvgIpc) is 2.74. The molecule has 1 unspecified atom stereocenters. The fraction of sp³-hybridized carbons (Fsp3) is 0.200. The van der Waals surface area contributed by atoms with E-state index >= 15 is 0 Å². The van der Waals surface area contributed by atoms with Crippen molar-refractivity contribution in [1.82, 2.24) is 5.43 Å². The number of urea groups is 1. The molecule has 0 aromatic heterocycles. The molecule has 6 heteroatoms. The van der Waals surface area contributed by atoms with Crippen molar-refractivity contribution in [3.8, 4) is 0 Å². The molecular weight excluding hydrogens is 408 g/mol. The van der Waals surface area contributed by atoms with Crippen molar-refractivity contribution >= 4 is 34.7 Å². The van der Waals surface area contributed by atoms with Crippen LogP contribution < -0.4 is 16.1 Å². The lowest BCUT2D eigenvalue weighted by Crippen LogP contribution is -2.29. The Morgan fingerprint density at radius 3 is 2.45 bits per heavy atom. The number of nitrogens with zero attached hydrogens (tertiary/aromatic N) is 1. The van der Waals surface area contributed by atoms with Crippen molar-refractivity contribution in [3.05, 3.63) is 93.5 Å². The molecule has 0 saturated carbocycles. The van der Waals surface area contributed by atoms with Gasteiger partial charge in [-0.1, -0.05) is 53.1 Å². The Labute approximate surface area is 187 Å². The van der Waals surface area contributed by atoms with Crippen LogP contribution in [0.15, 0.2) is 65.8 Å². The number of halogens is 1. The number of aryl methyl sites for hydroxylation is 3. The minimum Gasteiger partial charge on any atom is -0.377 e. The Bertz CT molecular complexity index is 1150. The lowest BCUT2D eigenvalue weighted by atomic mass is 9.91. The van der Waals surface area contributed by atoms with E-state index in [0.29, 0.717) is 11.4 Å². The average molecular weight is 433 g/mol. The van der Waals surface area contributed by atoms with Gasteiger partial charge in [-0.2, -0.15) is 5.10 Å². The predicted octanol–water partition coefficient (Wildman–Crippen LogP) is 6.35. The zero-order chi connectivity index (χ0) is 22.0. The van der Waals surface area contributed by atoms with Crippen molar-refractivity contribution in [2.24, 2.45) is 5.10 Å². The SMILES string of the molecule is Cc1ccc(NC(=O)NN=C2CC(c3ccc(Cl)cc3)Nc3ccc(C)cc32)c(C)c1. The summed E-state index contributed by atoms with van der Waals surface area (Å²) in [5.74, 6) is 0. The number of benzene rings is 3. The Hall–Kier alpha value is -3.31. The highest BCUT2D eigenvalue weighted by atomic mass is 35.5. The summed E-state index contributed by atoms with van der Waals surface area (Å²) >= 11 is 6.05. The zero-order valence-corrected chi connectivity index (χ0v) is 18.5. The van der Waals surface area contributed by atoms with Crippen LogP contribution in [0.4, 0.5) is 16.2 Å². The fourth-order valence-corrected chi connectivity index (χ4v) is 3.92. The minimum atomic E-state index is -0.366. The molecule has 4 rings (SSSR count). The highest BCUT2D eigenvalue weighted by Gasteiger charge is 2.24. The smallest absolute Gasteiger partial charge is 0.339 e. The van der Waals surface area contributed by atoms with Crippen molar-refractivity contribution < 1.29 is 4.79 Å². The maximum atomic E-state index is 12.5. The number of fused-ring (bicyclic) bond motifs is 1. The first kappa shape index (κ1) is 20.9. The molecule has 3 aromatic carbocycles. The molecule has 3 N–H and O–H groups in total. The fourth-order valence-electron chi connectivity index (χ4n) is 3.79. The summed E-state index contributed by atoms with van der Waals surface area (Å²) in [5.41, 5.74) is 10.7. The van der Waals surface area contributed by atoms with Gasteiger partial charge in [-0.15, -0.1) is 0 Å². The van der Waals surface area contributed by atoms with Crippen molar-refractivity contribution in [2.45, 2.75) is 33.2 Å². The van der Waals surface area contributed by atoms with Crippen LogP contribution in [0.3, 0.4) is 0 Å². The van der Waals surface area contributed by atoms with E-state index in [4.69, 9.17) is 11.6 Å². The number of carbonyl (C=O) groups is 1. The molecule has 0 spiro atoms. The Morgan fingerprint density at radius 1 is 1.00 bits per heavy atom. The number of nitrogens with one attached hydrogen (secondary N) is 3. The van der Waals surface area contributed by atoms with Crippen LogP contribution in [-0.4, -0.2) is 11.7 Å². The lowest BCUT2D eigenvalue weighted by molar-refractivity contribution is 0.252. The minimum absolute atomic E-state index is 0.0374. The molecule has 2 amide bonds. The van der Waals surface area contributed by atoms with E-state index in [2.05, 4.69) is 39.4 Å². The van der Waals surface area contributed by atoms with E-state index in [0.717, 1.165) is 44.9 Å². The summed E-state index contributed by atoms with van der Waals surface area (Å²) in [6.45, 7) is 6.04. The molecule has 1 aliphatic heterocycles. The molecule has 31 heavy (non-hydrogen) atoms. The molecule has 0 saturated heterocycles. The monoisotopic (exact) mass is 432 g/mol. The molecule has 3 aromatic rings. The second kappa shape index (κ2) is 8.82. The number of hydrogen-bond acceptors (Lipinski definition) is 3. The van der Waals surface area contributed by atoms with Gasteiger partial charge in [0, 0.05) is 28.4 Å². The molecule has 1 atom stereocenters. The van der Waals surface area contributed by atoms with Crippen molar-refractivity contribution in [3.63, 3.8) is 0 Å². The van der Waals surface area contributed by atoms with Gasteiger partial charge in [-0.3, -0.25) is 0 Å². The van der Waals surface area contributed by atoms with E-state index in [1.165, 1.54) is 0 Å². The maximum Gasteiger partial charge on any atom is 0.339 e. The predicted molar refractivity (Wildman–Crippen MR) is 128 cm³/mol. The highest BCUT2D eigenvalue weighted by Crippen LogP contribution is 2.34. The third kappa shape index (κ3) is 4.89. The molecule has 0 aliphatic carbocycles. The third-order valence-corrected chi connectivity index (χ3v) is 5.66. The van der Waals surface area contributed by atoms with E-state index in [9.17, 15) is 4.79 Å². The number of amides is 2. The third-order valence-electron chi connectivity index (χ3n) is 5.41. The first-order valence-electron chi connectivity index (χ1n) is 10.2. The van der Waals surface area contributed by atoms with Crippen LogP contribution in [0.5, 0.6) is 0 Å². The van der Waals surface area contributed by atoms with Gasteiger partial charge in [0.25, 0.3) is 0 Å². The molecule has 1 aliphatic rings. The number of carbonyl (C=O) groups excluding carboxylic acids is 1. The van der Waals surface area contributed by atoms with E-state index in [1.54, 1.807) is 0 Å². The van der Waals surface area contributed by atoms with Gasteiger partial charge in [0.15, 0.2) is 0 Å². The topological polar surface area (TPSA) is 65.5 Å². The van der Waals surface area contributed by atoms with E-state index in [1.807, 2.05) is 63.2 Å². The quantitative estimate of drug-likeness (QED) is 0.422. The second-order valence-electron chi connectivity index (χ2n) is 7.94. The van der Waals surface area contributed by atoms with Gasteiger partial charge in [0.2, 0.25) is 0 Å². The molecule has 0 fully saturated rings. The molecule has 1 heterocycles. The van der Waals surface area contributed by atoms with Gasteiger partial charge in [0.1, 0.15) is 0 Å². The van der Waals surface area contributed by atoms with Crippen LogP contribution in [0.1, 0.15) is 40.3 Å². The molecular formula is C25H25ClN4O. The summed E-state index contributed by atoms with van der Waals surface area (Å²) in [4.78, 5) is 12.5. The van der Waals surface area contributed by atoms with Crippen molar-refractivity contribution in [2.75, 3.05) is 10.6 Å². The van der Waals surface area contributed by atoms with Gasteiger partial charge >= 0.3 is 6.03 Å². The second-order valence-corrected chi connectivity index (χ2v) is 8.38. The summed E-state index contributed by atoms with van der Waals surface area (Å²) in [6, 6.07) is 19.6.